The number of fused-ring (bicyclic) bond motifs is 1. The Kier molecular flexibility index (Phi) is 7.63. The van der Waals surface area contributed by atoms with Gasteiger partial charge in [-0.3, -0.25) is 18.7 Å². The second kappa shape index (κ2) is 9.59. The van der Waals surface area contributed by atoms with Crippen molar-refractivity contribution in [2.75, 3.05) is 31.7 Å². The van der Waals surface area contributed by atoms with Gasteiger partial charge in [0.05, 0.1) is 23.8 Å². The van der Waals surface area contributed by atoms with Gasteiger partial charge in [0.25, 0.3) is 20.2 Å². The molecule has 0 radical (unpaired) electrons. The summed E-state index contributed by atoms with van der Waals surface area (Å²) in [5.41, 5.74) is -0.0246. The molecule has 2 rings (SSSR count). The third-order valence-electron chi connectivity index (χ3n) is 3.67. The number of amides is 1. The number of Topliss-reactive ketones (excluding diaryl/α,β-unsaturated/α-hetero) is 1. The van der Waals surface area contributed by atoms with Gasteiger partial charge in [0, 0.05) is 5.39 Å². The van der Waals surface area contributed by atoms with Crippen molar-refractivity contribution in [1.82, 2.24) is 0 Å². The highest BCUT2D eigenvalue weighted by atomic mass is 32.2. The maximum Gasteiger partial charge on any atom is 0.295 e. The molecule has 0 atom stereocenters. The van der Waals surface area contributed by atoms with Gasteiger partial charge in [0.2, 0.25) is 5.91 Å². The molecule has 0 heterocycles. The van der Waals surface area contributed by atoms with Crippen molar-refractivity contribution in [1.29, 1.82) is 0 Å². The van der Waals surface area contributed by atoms with Crippen LogP contribution in [-0.4, -0.2) is 64.1 Å². The molecule has 0 spiro atoms. The zero-order chi connectivity index (χ0) is 22.5. The van der Waals surface area contributed by atoms with Crippen molar-refractivity contribution < 1.29 is 45.0 Å². The molecule has 0 fully saturated rings. The number of anilines is 1. The number of carbonyl (C=O) groups is 2. The van der Waals surface area contributed by atoms with Crippen LogP contribution in [0.15, 0.2) is 40.1 Å². The SMILES string of the molecule is CC(=O)COCCOCC(=O)Nc1cccc2cc(S(=O)(=O)O)cc(S(=O)(=O)O)c12. The number of carbonyl (C=O) groups excluding carboxylic acids is 2. The molecule has 0 saturated carbocycles. The van der Waals surface area contributed by atoms with Crippen LogP contribution in [0.25, 0.3) is 10.8 Å². The fourth-order valence-corrected chi connectivity index (χ4v) is 3.88. The molecule has 13 heteroatoms. The molecule has 0 unspecified atom stereocenters. The zero-order valence-electron chi connectivity index (χ0n) is 15.7. The van der Waals surface area contributed by atoms with Gasteiger partial charge in [0.1, 0.15) is 18.1 Å². The van der Waals surface area contributed by atoms with E-state index in [4.69, 9.17) is 9.47 Å². The van der Waals surface area contributed by atoms with Crippen molar-refractivity contribution in [2.45, 2.75) is 16.7 Å². The van der Waals surface area contributed by atoms with Crippen LogP contribution in [0.2, 0.25) is 0 Å². The first-order chi connectivity index (χ1) is 13.9. The Hall–Kier alpha value is -2.42. The highest BCUT2D eigenvalue weighted by Gasteiger charge is 2.22. The largest absolute Gasteiger partial charge is 0.371 e. The van der Waals surface area contributed by atoms with Crippen LogP contribution in [0.3, 0.4) is 0 Å². The maximum absolute atomic E-state index is 12.1. The number of ether oxygens (including phenoxy) is 2. The molecule has 0 aliphatic heterocycles. The summed E-state index contributed by atoms with van der Waals surface area (Å²) in [5.74, 6) is -0.815. The first kappa shape index (κ1) is 23.9. The molecule has 3 N–H and O–H groups in total. The van der Waals surface area contributed by atoms with Crippen LogP contribution >= 0.6 is 0 Å². The number of benzene rings is 2. The summed E-state index contributed by atoms with van der Waals surface area (Å²) in [7, 11) is -9.66. The van der Waals surface area contributed by atoms with E-state index in [0.717, 1.165) is 6.07 Å². The summed E-state index contributed by atoms with van der Waals surface area (Å²) in [6.45, 7) is 0.995. The molecule has 0 bridgehead atoms. The molecule has 164 valence electrons. The summed E-state index contributed by atoms with van der Waals surface area (Å²) in [6.07, 6.45) is 0. The lowest BCUT2D eigenvalue weighted by Gasteiger charge is -2.13. The molecule has 2 aromatic carbocycles. The highest BCUT2D eigenvalue weighted by molar-refractivity contribution is 7.86. The van der Waals surface area contributed by atoms with Crippen molar-refractivity contribution >= 4 is 48.4 Å². The Labute approximate surface area is 172 Å². The Balaban J connectivity index is 2.26. The summed E-state index contributed by atoms with van der Waals surface area (Å²) < 4.78 is 75.2. The van der Waals surface area contributed by atoms with Crippen LogP contribution in [0.1, 0.15) is 6.92 Å². The molecular weight excluding hydrogens is 442 g/mol. The van der Waals surface area contributed by atoms with E-state index in [-0.39, 0.29) is 42.1 Å². The molecule has 0 saturated heterocycles. The first-order valence-corrected chi connectivity index (χ1v) is 11.2. The van der Waals surface area contributed by atoms with E-state index in [1.165, 1.54) is 25.1 Å². The van der Waals surface area contributed by atoms with E-state index in [1.54, 1.807) is 0 Å². The van der Waals surface area contributed by atoms with E-state index < -0.39 is 42.5 Å². The van der Waals surface area contributed by atoms with E-state index in [1.807, 2.05) is 0 Å². The lowest BCUT2D eigenvalue weighted by Crippen LogP contribution is -2.20. The number of rotatable bonds is 10. The summed E-state index contributed by atoms with van der Waals surface area (Å²) in [5, 5.41) is 2.31. The van der Waals surface area contributed by atoms with Crippen molar-refractivity contribution in [2.24, 2.45) is 0 Å². The van der Waals surface area contributed by atoms with Crippen molar-refractivity contribution in [3.63, 3.8) is 0 Å². The van der Waals surface area contributed by atoms with Gasteiger partial charge in [-0.15, -0.1) is 0 Å². The monoisotopic (exact) mass is 461 g/mol. The average molecular weight is 461 g/mol. The third kappa shape index (κ3) is 6.55. The number of nitrogens with one attached hydrogen (secondary N) is 1. The minimum atomic E-state index is -4.91. The third-order valence-corrected chi connectivity index (χ3v) is 5.38. The summed E-state index contributed by atoms with van der Waals surface area (Å²) in [6, 6.07) is 5.69. The van der Waals surface area contributed by atoms with Crippen LogP contribution in [0, 0.1) is 0 Å². The Bertz CT molecular complexity index is 1170. The standard InChI is InChI=1S/C17H19NO10S2/c1-11(19)9-27-5-6-28-10-16(20)18-14-4-2-3-12-7-13(29(21,22)23)8-15(17(12)14)30(24,25)26/h2-4,7-8H,5-6,9-10H2,1H3,(H,18,20)(H,21,22,23)(H,24,25,26). The number of hydrogen-bond donors (Lipinski definition) is 3. The molecule has 11 nitrogen and oxygen atoms in total. The molecule has 0 aromatic heterocycles. The molecule has 2 aromatic rings. The zero-order valence-corrected chi connectivity index (χ0v) is 17.3. The van der Waals surface area contributed by atoms with E-state index >= 15 is 0 Å². The van der Waals surface area contributed by atoms with Crippen molar-refractivity contribution in [3.05, 3.63) is 30.3 Å². The summed E-state index contributed by atoms with van der Waals surface area (Å²) in [4.78, 5) is 21.3. The summed E-state index contributed by atoms with van der Waals surface area (Å²) >= 11 is 0. The lowest BCUT2D eigenvalue weighted by molar-refractivity contribution is -0.124. The van der Waals surface area contributed by atoms with Crippen LogP contribution in [0.4, 0.5) is 5.69 Å². The molecule has 0 aliphatic carbocycles. The van der Waals surface area contributed by atoms with Crippen LogP contribution in [-0.2, 0) is 39.3 Å². The number of ketones is 1. The predicted octanol–water partition coefficient (Wildman–Crippen LogP) is 0.894. The van der Waals surface area contributed by atoms with E-state index in [0.29, 0.717) is 6.07 Å². The van der Waals surface area contributed by atoms with Gasteiger partial charge in [-0.1, -0.05) is 12.1 Å². The smallest absolute Gasteiger partial charge is 0.295 e. The van der Waals surface area contributed by atoms with E-state index in [9.17, 15) is 35.5 Å². The molecule has 0 aliphatic rings. The molecule has 1 amide bonds. The van der Waals surface area contributed by atoms with Gasteiger partial charge in [-0.2, -0.15) is 16.8 Å². The maximum atomic E-state index is 12.1. The van der Waals surface area contributed by atoms with Gasteiger partial charge >= 0.3 is 0 Å². The Morgan fingerprint density at radius 2 is 1.60 bits per heavy atom. The highest BCUT2D eigenvalue weighted by Crippen LogP contribution is 2.32. The number of hydrogen-bond acceptors (Lipinski definition) is 8. The molecule has 30 heavy (non-hydrogen) atoms. The average Bonchev–Trinajstić information content (AvgIpc) is 2.62. The Morgan fingerprint density at radius 1 is 0.967 bits per heavy atom. The van der Waals surface area contributed by atoms with E-state index in [2.05, 4.69) is 5.32 Å². The predicted molar refractivity (Wildman–Crippen MR) is 105 cm³/mol. The quantitative estimate of drug-likeness (QED) is 0.340. The minimum Gasteiger partial charge on any atom is -0.371 e. The minimum absolute atomic E-state index is 0.0246. The second-order valence-corrected chi connectivity index (χ2v) is 8.94. The topological polar surface area (TPSA) is 173 Å². The van der Waals surface area contributed by atoms with Gasteiger partial charge < -0.3 is 14.8 Å². The Morgan fingerprint density at radius 3 is 2.17 bits per heavy atom. The van der Waals surface area contributed by atoms with Gasteiger partial charge in [-0.05, 0) is 30.5 Å². The second-order valence-electron chi connectivity index (χ2n) is 6.13. The van der Waals surface area contributed by atoms with Crippen LogP contribution in [0.5, 0.6) is 0 Å². The first-order valence-electron chi connectivity index (χ1n) is 8.36. The fraction of sp³-hybridized carbons (Fsp3) is 0.294. The van der Waals surface area contributed by atoms with Gasteiger partial charge in [0.15, 0.2) is 5.78 Å². The lowest BCUT2D eigenvalue weighted by atomic mass is 10.1. The fourth-order valence-electron chi connectivity index (χ4n) is 2.50. The normalized spacial score (nSPS) is 12.1. The molecular formula is C17H19NO10S2. The van der Waals surface area contributed by atoms with Crippen LogP contribution < -0.4 is 5.32 Å². The van der Waals surface area contributed by atoms with Crippen molar-refractivity contribution in [3.8, 4) is 0 Å². The van der Waals surface area contributed by atoms with Gasteiger partial charge in [-0.25, -0.2) is 0 Å².